The fraction of sp³-hybridized carbons (Fsp3) is 0.471. The largest absolute Gasteiger partial charge is 0.481 e. The Labute approximate surface area is 143 Å². The molecule has 3 nitrogen and oxygen atoms in total. The SMILES string of the molecule is O=C(O)CC1CN(CC2=CCCC=C2)CC1c1cc(Br)cs1. The van der Waals surface area contributed by atoms with E-state index in [1.165, 1.54) is 10.5 Å². The van der Waals surface area contributed by atoms with E-state index in [9.17, 15) is 9.90 Å². The molecule has 1 aromatic heterocycles. The number of carbonyl (C=O) groups is 1. The topological polar surface area (TPSA) is 40.5 Å². The van der Waals surface area contributed by atoms with Gasteiger partial charge in [-0.2, -0.15) is 0 Å². The standard InChI is InChI=1S/C17H20BrNO2S/c18-14-7-16(22-11-14)15-10-19(9-13(15)6-17(20)21)8-12-4-2-1-3-5-12/h2,4-5,7,11,13,15H,1,3,6,8-10H2,(H,20,21). The molecule has 0 saturated carbocycles. The molecule has 1 saturated heterocycles. The van der Waals surface area contributed by atoms with E-state index in [1.807, 2.05) is 0 Å². The number of aliphatic carboxylic acids is 1. The van der Waals surface area contributed by atoms with Crippen molar-refractivity contribution in [2.24, 2.45) is 5.92 Å². The van der Waals surface area contributed by atoms with Gasteiger partial charge in [0.25, 0.3) is 0 Å². The van der Waals surface area contributed by atoms with E-state index in [4.69, 9.17) is 0 Å². The zero-order valence-corrected chi connectivity index (χ0v) is 14.8. The maximum absolute atomic E-state index is 11.2. The summed E-state index contributed by atoms with van der Waals surface area (Å²) < 4.78 is 1.10. The normalized spacial score (nSPS) is 25.4. The number of carboxylic acid groups (broad SMARTS) is 1. The molecule has 0 amide bonds. The van der Waals surface area contributed by atoms with Crippen LogP contribution in [-0.2, 0) is 4.79 Å². The second kappa shape index (κ2) is 7.11. The minimum Gasteiger partial charge on any atom is -0.481 e. The molecule has 0 bridgehead atoms. The van der Waals surface area contributed by atoms with Crippen molar-refractivity contribution in [1.82, 2.24) is 4.90 Å². The van der Waals surface area contributed by atoms with Gasteiger partial charge in [-0.3, -0.25) is 9.69 Å². The van der Waals surface area contributed by atoms with Gasteiger partial charge in [-0.25, -0.2) is 0 Å². The molecular formula is C17H20BrNO2S. The first kappa shape index (κ1) is 16.0. The lowest BCUT2D eigenvalue weighted by Crippen LogP contribution is -2.23. The molecule has 1 N–H and O–H groups in total. The average Bonchev–Trinajstić information content (AvgIpc) is 3.06. The zero-order chi connectivity index (χ0) is 15.5. The van der Waals surface area contributed by atoms with Crippen molar-refractivity contribution in [2.45, 2.75) is 25.2 Å². The summed E-state index contributed by atoms with van der Waals surface area (Å²) >= 11 is 5.24. The molecule has 0 radical (unpaired) electrons. The summed E-state index contributed by atoms with van der Waals surface area (Å²) in [5.41, 5.74) is 1.37. The second-order valence-corrected chi connectivity index (χ2v) is 7.94. The van der Waals surface area contributed by atoms with Crippen LogP contribution in [0, 0.1) is 5.92 Å². The van der Waals surface area contributed by atoms with Crippen LogP contribution in [0.2, 0.25) is 0 Å². The monoisotopic (exact) mass is 381 g/mol. The molecule has 5 heteroatoms. The van der Waals surface area contributed by atoms with Gasteiger partial charge in [0.1, 0.15) is 0 Å². The molecule has 2 heterocycles. The highest BCUT2D eigenvalue weighted by molar-refractivity contribution is 9.10. The van der Waals surface area contributed by atoms with Gasteiger partial charge in [0, 0.05) is 40.3 Å². The summed E-state index contributed by atoms with van der Waals surface area (Å²) in [6, 6.07) is 2.15. The zero-order valence-electron chi connectivity index (χ0n) is 12.4. The number of thiophene rings is 1. The number of rotatable bonds is 5. The van der Waals surface area contributed by atoms with Gasteiger partial charge in [-0.15, -0.1) is 11.3 Å². The maximum atomic E-state index is 11.2. The summed E-state index contributed by atoms with van der Waals surface area (Å²) in [5.74, 6) is -0.152. The van der Waals surface area contributed by atoms with Crippen molar-refractivity contribution in [1.29, 1.82) is 0 Å². The van der Waals surface area contributed by atoms with Gasteiger partial charge < -0.3 is 5.11 Å². The van der Waals surface area contributed by atoms with Gasteiger partial charge >= 0.3 is 5.97 Å². The van der Waals surface area contributed by atoms with E-state index in [2.05, 4.69) is 50.5 Å². The molecule has 2 aliphatic rings. The van der Waals surface area contributed by atoms with E-state index in [0.717, 1.165) is 36.9 Å². The van der Waals surface area contributed by atoms with Gasteiger partial charge in [-0.05, 0) is 46.3 Å². The number of likely N-dealkylation sites (tertiary alicyclic amines) is 1. The van der Waals surface area contributed by atoms with Crippen molar-refractivity contribution < 1.29 is 9.90 Å². The first-order valence-electron chi connectivity index (χ1n) is 7.65. The average molecular weight is 382 g/mol. The Bertz CT molecular complexity index is 608. The van der Waals surface area contributed by atoms with Crippen LogP contribution in [0.5, 0.6) is 0 Å². The van der Waals surface area contributed by atoms with E-state index >= 15 is 0 Å². The molecule has 0 aromatic carbocycles. The van der Waals surface area contributed by atoms with Crippen LogP contribution >= 0.6 is 27.3 Å². The number of nitrogens with zero attached hydrogens (tertiary/aromatic N) is 1. The molecule has 118 valence electrons. The van der Waals surface area contributed by atoms with Crippen LogP contribution in [0.15, 0.2) is 39.7 Å². The lowest BCUT2D eigenvalue weighted by Gasteiger charge is -2.17. The Morgan fingerprint density at radius 3 is 2.91 bits per heavy atom. The molecule has 2 unspecified atom stereocenters. The van der Waals surface area contributed by atoms with Gasteiger partial charge in [0.2, 0.25) is 0 Å². The van der Waals surface area contributed by atoms with Gasteiger partial charge in [0.15, 0.2) is 0 Å². The van der Waals surface area contributed by atoms with Crippen LogP contribution in [0.1, 0.15) is 30.1 Å². The minimum absolute atomic E-state index is 0.205. The maximum Gasteiger partial charge on any atom is 0.303 e. The van der Waals surface area contributed by atoms with Crippen molar-refractivity contribution in [2.75, 3.05) is 19.6 Å². The molecule has 3 rings (SSSR count). The van der Waals surface area contributed by atoms with Crippen molar-refractivity contribution in [3.05, 3.63) is 44.6 Å². The fourth-order valence-electron chi connectivity index (χ4n) is 3.41. The highest BCUT2D eigenvalue weighted by Crippen LogP contribution is 2.39. The van der Waals surface area contributed by atoms with E-state index in [-0.39, 0.29) is 12.3 Å². The Balaban J connectivity index is 1.71. The third-order valence-corrected chi connectivity index (χ3v) is 6.21. The third-order valence-electron chi connectivity index (χ3n) is 4.38. The Morgan fingerprint density at radius 1 is 1.41 bits per heavy atom. The number of carboxylic acids is 1. The van der Waals surface area contributed by atoms with E-state index in [0.29, 0.717) is 5.92 Å². The van der Waals surface area contributed by atoms with Crippen molar-refractivity contribution >= 4 is 33.2 Å². The number of halogens is 1. The minimum atomic E-state index is -0.691. The van der Waals surface area contributed by atoms with Crippen LogP contribution in [-0.4, -0.2) is 35.6 Å². The van der Waals surface area contributed by atoms with Crippen molar-refractivity contribution in [3.8, 4) is 0 Å². The Morgan fingerprint density at radius 2 is 2.27 bits per heavy atom. The van der Waals surface area contributed by atoms with Gasteiger partial charge in [0.05, 0.1) is 6.42 Å². The van der Waals surface area contributed by atoms with E-state index < -0.39 is 5.97 Å². The molecular weight excluding hydrogens is 362 g/mol. The second-order valence-electron chi connectivity index (χ2n) is 6.08. The number of hydrogen-bond acceptors (Lipinski definition) is 3. The number of allylic oxidation sites excluding steroid dienone is 2. The fourth-order valence-corrected chi connectivity index (χ4v) is 5.04. The summed E-state index contributed by atoms with van der Waals surface area (Å²) in [6.45, 7) is 2.77. The molecule has 1 aliphatic heterocycles. The van der Waals surface area contributed by atoms with Crippen molar-refractivity contribution in [3.63, 3.8) is 0 Å². The predicted molar refractivity (Wildman–Crippen MR) is 93.4 cm³/mol. The molecule has 1 aliphatic carbocycles. The first-order chi connectivity index (χ1) is 10.6. The van der Waals surface area contributed by atoms with Crippen LogP contribution < -0.4 is 0 Å². The van der Waals surface area contributed by atoms with E-state index in [1.54, 1.807) is 11.3 Å². The van der Waals surface area contributed by atoms with Crippen LogP contribution in [0.4, 0.5) is 0 Å². The summed E-state index contributed by atoms with van der Waals surface area (Å²) in [7, 11) is 0. The molecule has 1 fully saturated rings. The number of hydrogen-bond donors (Lipinski definition) is 1. The lowest BCUT2D eigenvalue weighted by atomic mass is 9.92. The lowest BCUT2D eigenvalue weighted by molar-refractivity contribution is -0.138. The molecule has 0 spiro atoms. The van der Waals surface area contributed by atoms with Gasteiger partial charge in [-0.1, -0.05) is 18.2 Å². The van der Waals surface area contributed by atoms with Crippen LogP contribution in [0.3, 0.4) is 0 Å². The summed E-state index contributed by atoms with van der Waals surface area (Å²) in [6.07, 6.45) is 9.27. The van der Waals surface area contributed by atoms with Crippen LogP contribution in [0.25, 0.3) is 0 Å². The summed E-state index contributed by atoms with van der Waals surface area (Å²) in [4.78, 5) is 14.9. The quantitative estimate of drug-likeness (QED) is 0.827. The molecule has 2 atom stereocenters. The smallest absolute Gasteiger partial charge is 0.303 e. The Kier molecular flexibility index (Phi) is 5.16. The highest BCUT2D eigenvalue weighted by atomic mass is 79.9. The third kappa shape index (κ3) is 3.89. The first-order valence-corrected chi connectivity index (χ1v) is 9.32. The Hall–Kier alpha value is -0.910. The summed E-state index contributed by atoms with van der Waals surface area (Å²) in [5, 5.41) is 11.3. The molecule has 1 aromatic rings. The predicted octanol–water partition coefficient (Wildman–Crippen LogP) is 4.28. The highest BCUT2D eigenvalue weighted by Gasteiger charge is 2.35. The molecule has 22 heavy (non-hydrogen) atoms.